The van der Waals surface area contributed by atoms with Crippen molar-refractivity contribution in [2.24, 2.45) is 0 Å². The molecule has 0 saturated heterocycles. The minimum atomic E-state index is -0.319. The molecular formula is C13H18ClNO2. The van der Waals surface area contributed by atoms with Crippen LogP contribution in [0.25, 0.3) is 0 Å². The summed E-state index contributed by atoms with van der Waals surface area (Å²) in [5, 5.41) is 0.338. The molecule has 0 aliphatic rings. The first-order chi connectivity index (χ1) is 8.17. The zero-order valence-corrected chi connectivity index (χ0v) is 11.1. The summed E-state index contributed by atoms with van der Waals surface area (Å²) in [6.45, 7) is 4.54. The highest BCUT2D eigenvalue weighted by Crippen LogP contribution is 2.12. The Morgan fingerprint density at radius 3 is 2.76 bits per heavy atom. The standard InChI is InChI=1S/C13H18ClNO2/c1-3-5-6-7-17-13(16)10-8-11(4-2)15-12(14)9-10/h8-9H,3-7H2,1-2H3. The lowest BCUT2D eigenvalue weighted by atomic mass is 10.2. The van der Waals surface area contributed by atoms with Crippen molar-refractivity contribution >= 4 is 17.6 Å². The smallest absolute Gasteiger partial charge is 0.338 e. The van der Waals surface area contributed by atoms with Gasteiger partial charge in [-0.2, -0.15) is 0 Å². The molecule has 0 N–H and O–H groups in total. The van der Waals surface area contributed by atoms with E-state index in [4.69, 9.17) is 16.3 Å². The first-order valence-corrected chi connectivity index (χ1v) is 6.38. The van der Waals surface area contributed by atoms with E-state index in [0.29, 0.717) is 17.3 Å². The van der Waals surface area contributed by atoms with Crippen LogP contribution in [-0.4, -0.2) is 17.6 Å². The maximum Gasteiger partial charge on any atom is 0.338 e. The predicted octanol–water partition coefficient (Wildman–Crippen LogP) is 3.64. The van der Waals surface area contributed by atoms with Crippen LogP contribution in [0.4, 0.5) is 0 Å². The average Bonchev–Trinajstić information content (AvgIpc) is 2.33. The maximum atomic E-state index is 11.7. The highest BCUT2D eigenvalue weighted by atomic mass is 35.5. The van der Waals surface area contributed by atoms with Crippen molar-refractivity contribution in [3.63, 3.8) is 0 Å². The molecule has 1 aromatic rings. The van der Waals surface area contributed by atoms with Gasteiger partial charge in [0.1, 0.15) is 5.15 Å². The summed E-state index contributed by atoms with van der Waals surface area (Å²) in [6, 6.07) is 3.27. The van der Waals surface area contributed by atoms with Gasteiger partial charge in [-0.1, -0.05) is 38.3 Å². The third-order valence-corrected chi connectivity index (χ3v) is 2.62. The predicted molar refractivity (Wildman–Crippen MR) is 68.4 cm³/mol. The van der Waals surface area contributed by atoms with Gasteiger partial charge in [-0.25, -0.2) is 9.78 Å². The van der Waals surface area contributed by atoms with Crippen molar-refractivity contribution in [2.45, 2.75) is 39.5 Å². The number of aromatic nitrogens is 1. The van der Waals surface area contributed by atoms with Crippen LogP contribution in [0.1, 0.15) is 49.2 Å². The monoisotopic (exact) mass is 255 g/mol. The third-order valence-electron chi connectivity index (χ3n) is 2.43. The lowest BCUT2D eigenvalue weighted by Gasteiger charge is -2.06. The Hall–Kier alpha value is -1.09. The van der Waals surface area contributed by atoms with E-state index in [1.54, 1.807) is 12.1 Å². The van der Waals surface area contributed by atoms with Crippen molar-refractivity contribution in [2.75, 3.05) is 6.61 Å². The molecule has 3 nitrogen and oxygen atoms in total. The van der Waals surface area contributed by atoms with Crippen LogP contribution >= 0.6 is 11.6 Å². The molecule has 0 unspecified atom stereocenters. The quantitative estimate of drug-likeness (QED) is 0.443. The Bertz CT molecular complexity index is 380. The van der Waals surface area contributed by atoms with Gasteiger partial charge in [0, 0.05) is 5.69 Å². The van der Waals surface area contributed by atoms with Crippen LogP contribution < -0.4 is 0 Å². The molecule has 0 aromatic carbocycles. The molecular weight excluding hydrogens is 238 g/mol. The first kappa shape index (κ1) is 14.0. The number of aryl methyl sites for hydroxylation is 1. The zero-order valence-electron chi connectivity index (χ0n) is 10.3. The van der Waals surface area contributed by atoms with Gasteiger partial charge < -0.3 is 4.74 Å². The molecule has 0 saturated carbocycles. The van der Waals surface area contributed by atoms with Crippen molar-refractivity contribution in [1.29, 1.82) is 0 Å². The molecule has 0 amide bonds. The van der Waals surface area contributed by atoms with Gasteiger partial charge in [0.15, 0.2) is 0 Å². The minimum Gasteiger partial charge on any atom is -0.462 e. The molecule has 17 heavy (non-hydrogen) atoms. The van der Waals surface area contributed by atoms with Gasteiger partial charge in [0.05, 0.1) is 12.2 Å². The summed E-state index contributed by atoms with van der Waals surface area (Å²) in [7, 11) is 0. The third kappa shape index (κ3) is 4.73. The molecule has 0 fully saturated rings. The molecule has 0 atom stereocenters. The van der Waals surface area contributed by atoms with Crippen molar-refractivity contribution in [3.05, 3.63) is 28.5 Å². The van der Waals surface area contributed by atoms with Crippen molar-refractivity contribution in [1.82, 2.24) is 4.98 Å². The van der Waals surface area contributed by atoms with E-state index >= 15 is 0 Å². The second-order valence-electron chi connectivity index (χ2n) is 3.87. The van der Waals surface area contributed by atoms with Crippen LogP contribution in [-0.2, 0) is 11.2 Å². The summed E-state index contributed by atoms with van der Waals surface area (Å²) in [5.74, 6) is -0.319. The number of carbonyl (C=O) groups is 1. The fourth-order valence-corrected chi connectivity index (χ4v) is 1.68. The number of carbonyl (C=O) groups excluding carboxylic acids is 1. The molecule has 0 radical (unpaired) electrons. The summed E-state index contributed by atoms with van der Waals surface area (Å²) < 4.78 is 5.16. The summed E-state index contributed by atoms with van der Waals surface area (Å²) in [6.07, 6.45) is 3.83. The number of nitrogens with zero attached hydrogens (tertiary/aromatic N) is 1. The Balaban J connectivity index is 2.59. The van der Waals surface area contributed by atoms with E-state index in [1.165, 1.54) is 0 Å². The lowest BCUT2D eigenvalue weighted by molar-refractivity contribution is 0.0498. The second kappa shape index (κ2) is 7.28. The van der Waals surface area contributed by atoms with Crippen LogP contribution in [0.2, 0.25) is 5.15 Å². The molecule has 1 heterocycles. The molecule has 94 valence electrons. The molecule has 4 heteroatoms. The Kier molecular flexibility index (Phi) is 5.98. The van der Waals surface area contributed by atoms with Crippen molar-refractivity contribution in [3.8, 4) is 0 Å². The summed E-state index contributed by atoms with van der Waals surface area (Å²) in [4.78, 5) is 15.8. The summed E-state index contributed by atoms with van der Waals surface area (Å²) >= 11 is 5.84. The molecule has 0 bridgehead atoms. The van der Waals surface area contributed by atoms with E-state index in [1.807, 2.05) is 6.92 Å². The van der Waals surface area contributed by atoms with Crippen molar-refractivity contribution < 1.29 is 9.53 Å². The van der Waals surface area contributed by atoms with E-state index in [2.05, 4.69) is 11.9 Å². The number of hydrogen-bond acceptors (Lipinski definition) is 3. The van der Waals surface area contributed by atoms with E-state index in [9.17, 15) is 4.79 Å². The Morgan fingerprint density at radius 2 is 2.12 bits per heavy atom. The van der Waals surface area contributed by atoms with E-state index < -0.39 is 0 Å². The topological polar surface area (TPSA) is 39.2 Å². The number of hydrogen-bond donors (Lipinski definition) is 0. The fraction of sp³-hybridized carbons (Fsp3) is 0.538. The van der Waals surface area contributed by atoms with E-state index in [0.717, 1.165) is 31.4 Å². The largest absolute Gasteiger partial charge is 0.462 e. The van der Waals surface area contributed by atoms with Gasteiger partial charge in [-0.15, -0.1) is 0 Å². The molecule has 0 spiro atoms. The number of unbranched alkanes of at least 4 members (excludes halogenated alkanes) is 2. The summed E-state index contributed by atoms with van der Waals surface area (Å²) in [5.41, 5.74) is 1.29. The van der Waals surface area contributed by atoms with Gasteiger partial charge >= 0.3 is 5.97 Å². The van der Waals surface area contributed by atoms with Gasteiger partial charge in [-0.3, -0.25) is 0 Å². The highest BCUT2D eigenvalue weighted by molar-refractivity contribution is 6.29. The zero-order chi connectivity index (χ0) is 12.7. The fourth-order valence-electron chi connectivity index (χ4n) is 1.45. The molecule has 1 rings (SSSR count). The van der Waals surface area contributed by atoms with E-state index in [-0.39, 0.29) is 5.97 Å². The highest BCUT2D eigenvalue weighted by Gasteiger charge is 2.09. The molecule has 0 aliphatic heterocycles. The van der Waals surface area contributed by atoms with Gasteiger partial charge in [-0.05, 0) is 25.0 Å². The number of rotatable bonds is 6. The SMILES string of the molecule is CCCCCOC(=O)c1cc(Cl)nc(CC)c1. The van der Waals surface area contributed by atoms with Crippen LogP contribution in [0.3, 0.4) is 0 Å². The van der Waals surface area contributed by atoms with Crippen LogP contribution in [0.15, 0.2) is 12.1 Å². The first-order valence-electron chi connectivity index (χ1n) is 6.01. The maximum absolute atomic E-state index is 11.7. The number of esters is 1. The number of halogens is 1. The van der Waals surface area contributed by atoms with Gasteiger partial charge in [0.25, 0.3) is 0 Å². The lowest BCUT2D eigenvalue weighted by Crippen LogP contribution is -2.07. The number of pyridine rings is 1. The second-order valence-corrected chi connectivity index (χ2v) is 4.25. The van der Waals surface area contributed by atoms with Crippen LogP contribution in [0.5, 0.6) is 0 Å². The Labute approximate surface area is 107 Å². The number of ether oxygens (including phenoxy) is 1. The molecule has 1 aromatic heterocycles. The van der Waals surface area contributed by atoms with Crippen LogP contribution in [0, 0.1) is 0 Å². The minimum absolute atomic E-state index is 0.319. The van der Waals surface area contributed by atoms with Gasteiger partial charge in [0.2, 0.25) is 0 Å². The normalized spacial score (nSPS) is 10.3. The average molecular weight is 256 g/mol. The molecule has 0 aliphatic carbocycles. The Morgan fingerprint density at radius 1 is 1.35 bits per heavy atom.